The molecule has 0 saturated carbocycles. The molecule has 2 rings (SSSR count). The van der Waals surface area contributed by atoms with Crippen LogP contribution in [0.4, 0.5) is 0 Å². The van der Waals surface area contributed by atoms with Crippen LogP contribution in [0.2, 0.25) is 0 Å². The second kappa shape index (κ2) is 4.14. The molecule has 0 bridgehead atoms. The van der Waals surface area contributed by atoms with Gasteiger partial charge in [-0.25, -0.2) is 9.97 Å². The van der Waals surface area contributed by atoms with Gasteiger partial charge in [0.1, 0.15) is 0 Å². The first-order valence-corrected chi connectivity index (χ1v) is 4.74. The Labute approximate surface area is 88.2 Å². The van der Waals surface area contributed by atoms with Crippen molar-refractivity contribution in [2.24, 2.45) is 5.73 Å². The van der Waals surface area contributed by atoms with E-state index in [-0.39, 0.29) is 0 Å². The van der Waals surface area contributed by atoms with Gasteiger partial charge in [0, 0.05) is 30.2 Å². The Hall–Kier alpha value is -1.81. The third-order valence-corrected chi connectivity index (χ3v) is 2.04. The lowest BCUT2D eigenvalue weighted by atomic mass is 10.2. The quantitative estimate of drug-likeness (QED) is 0.793. The number of hydrogen-bond acceptors (Lipinski definition) is 4. The molecule has 0 aliphatic carbocycles. The Morgan fingerprint density at radius 2 is 2.20 bits per heavy atom. The zero-order valence-corrected chi connectivity index (χ0v) is 8.51. The van der Waals surface area contributed by atoms with Gasteiger partial charge < -0.3 is 5.73 Å². The molecular formula is C11H12N4. The van der Waals surface area contributed by atoms with Crippen LogP contribution in [-0.2, 0) is 6.54 Å². The second-order valence-electron chi connectivity index (χ2n) is 3.27. The summed E-state index contributed by atoms with van der Waals surface area (Å²) < 4.78 is 0. The van der Waals surface area contributed by atoms with Gasteiger partial charge in [-0.05, 0) is 25.1 Å². The predicted molar refractivity (Wildman–Crippen MR) is 57.9 cm³/mol. The van der Waals surface area contributed by atoms with Gasteiger partial charge in [0.25, 0.3) is 0 Å². The van der Waals surface area contributed by atoms with Crippen molar-refractivity contribution in [3.8, 4) is 11.4 Å². The van der Waals surface area contributed by atoms with Crippen molar-refractivity contribution in [3.63, 3.8) is 0 Å². The van der Waals surface area contributed by atoms with Gasteiger partial charge in [-0.2, -0.15) is 0 Å². The van der Waals surface area contributed by atoms with Crippen LogP contribution >= 0.6 is 0 Å². The zero-order chi connectivity index (χ0) is 10.7. The lowest BCUT2D eigenvalue weighted by molar-refractivity contribution is 0.952. The molecule has 0 saturated heterocycles. The molecule has 0 spiro atoms. The van der Waals surface area contributed by atoms with Gasteiger partial charge in [0.2, 0.25) is 0 Å². The standard InChI is InChI=1S/C11H12N4/c1-8-5-10(6-12)15-11(14-8)9-3-2-4-13-7-9/h2-5,7H,6,12H2,1H3. The molecule has 2 heterocycles. The normalized spacial score (nSPS) is 10.3. The van der Waals surface area contributed by atoms with E-state index in [9.17, 15) is 0 Å². The summed E-state index contributed by atoms with van der Waals surface area (Å²) >= 11 is 0. The molecule has 15 heavy (non-hydrogen) atoms. The molecular weight excluding hydrogens is 188 g/mol. The highest BCUT2D eigenvalue weighted by atomic mass is 14.9. The highest BCUT2D eigenvalue weighted by molar-refractivity contribution is 5.53. The van der Waals surface area contributed by atoms with Crippen molar-refractivity contribution in [2.75, 3.05) is 0 Å². The highest BCUT2D eigenvalue weighted by Gasteiger charge is 2.03. The lowest BCUT2D eigenvalue weighted by Crippen LogP contribution is -2.03. The molecule has 4 heteroatoms. The van der Waals surface area contributed by atoms with Crippen LogP contribution < -0.4 is 5.73 Å². The van der Waals surface area contributed by atoms with Gasteiger partial charge in [-0.3, -0.25) is 4.98 Å². The summed E-state index contributed by atoms with van der Waals surface area (Å²) in [5.41, 5.74) is 8.24. The van der Waals surface area contributed by atoms with Crippen LogP contribution in [0.25, 0.3) is 11.4 Å². The topological polar surface area (TPSA) is 64.7 Å². The molecule has 0 aliphatic rings. The van der Waals surface area contributed by atoms with Crippen molar-refractivity contribution in [1.82, 2.24) is 15.0 Å². The van der Waals surface area contributed by atoms with Crippen LogP contribution in [0.15, 0.2) is 30.6 Å². The third-order valence-electron chi connectivity index (χ3n) is 2.04. The van der Waals surface area contributed by atoms with Gasteiger partial charge >= 0.3 is 0 Å². The van der Waals surface area contributed by atoms with Crippen molar-refractivity contribution in [2.45, 2.75) is 13.5 Å². The number of rotatable bonds is 2. The molecule has 76 valence electrons. The number of aromatic nitrogens is 3. The largest absolute Gasteiger partial charge is 0.325 e. The van der Waals surface area contributed by atoms with Gasteiger partial charge in [0.05, 0.1) is 5.69 Å². The minimum Gasteiger partial charge on any atom is -0.325 e. The third kappa shape index (κ3) is 2.16. The Balaban J connectivity index is 2.49. The molecule has 0 aliphatic heterocycles. The fourth-order valence-electron chi connectivity index (χ4n) is 1.36. The number of hydrogen-bond donors (Lipinski definition) is 1. The SMILES string of the molecule is Cc1cc(CN)nc(-c2cccnc2)n1. The Morgan fingerprint density at radius 1 is 1.33 bits per heavy atom. The summed E-state index contributed by atoms with van der Waals surface area (Å²) in [4.78, 5) is 12.7. The fraction of sp³-hybridized carbons (Fsp3) is 0.182. The van der Waals surface area contributed by atoms with E-state index in [4.69, 9.17) is 5.73 Å². The molecule has 0 radical (unpaired) electrons. The van der Waals surface area contributed by atoms with Crippen LogP contribution in [0.5, 0.6) is 0 Å². The molecule has 0 unspecified atom stereocenters. The first kappa shape index (κ1) is 9.73. The zero-order valence-electron chi connectivity index (χ0n) is 8.51. The van der Waals surface area contributed by atoms with E-state index in [1.54, 1.807) is 12.4 Å². The van der Waals surface area contributed by atoms with E-state index in [0.717, 1.165) is 17.0 Å². The van der Waals surface area contributed by atoms with E-state index >= 15 is 0 Å². The Bertz CT molecular complexity index is 453. The monoisotopic (exact) mass is 200 g/mol. The fourth-order valence-corrected chi connectivity index (χ4v) is 1.36. The second-order valence-corrected chi connectivity index (χ2v) is 3.27. The van der Waals surface area contributed by atoms with Crippen LogP contribution in [-0.4, -0.2) is 15.0 Å². The molecule has 2 N–H and O–H groups in total. The van der Waals surface area contributed by atoms with E-state index in [2.05, 4.69) is 15.0 Å². The van der Waals surface area contributed by atoms with E-state index in [1.807, 2.05) is 25.1 Å². The predicted octanol–water partition coefficient (Wildman–Crippen LogP) is 1.31. The maximum atomic E-state index is 5.56. The first-order chi connectivity index (χ1) is 7.29. The lowest BCUT2D eigenvalue weighted by Gasteiger charge is -2.03. The number of nitrogens with two attached hydrogens (primary N) is 1. The van der Waals surface area contributed by atoms with Gasteiger partial charge in [-0.1, -0.05) is 0 Å². The number of pyridine rings is 1. The molecule has 2 aromatic heterocycles. The average molecular weight is 200 g/mol. The highest BCUT2D eigenvalue weighted by Crippen LogP contribution is 2.13. The average Bonchev–Trinajstić information content (AvgIpc) is 2.29. The van der Waals surface area contributed by atoms with Crippen LogP contribution in [0, 0.1) is 6.92 Å². The van der Waals surface area contributed by atoms with Crippen LogP contribution in [0.1, 0.15) is 11.4 Å². The summed E-state index contributed by atoms with van der Waals surface area (Å²) in [6, 6.07) is 5.69. The molecule has 2 aromatic rings. The van der Waals surface area contributed by atoms with Crippen molar-refractivity contribution in [1.29, 1.82) is 0 Å². The number of nitrogens with zero attached hydrogens (tertiary/aromatic N) is 3. The maximum Gasteiger partial charge on any atom is 0.161 e. The summed E-state index contributed by atoms with van der Waals surface area (Å²) in [6.45, 7) is 2.36. The summed E-state index contributed by atoms with van der Waals surface area (Å²) in [5.74, 6) is 0.684. The first-order valence-electron chi connectivity index (χ1n) is 4.74. The van der Waals surface area contributed by atoms with E-state index in [0.29, 0.717) is 12.4 Å². The summed E-state index contributed by atoms with van der Waals surface area (Å²) in [5, 5.41) is 0. The van der Waals surface area contributed by atoms with Crippen molar-refractivity contribution in [3.05, 3.63) is 42.0 Å². The van der Waals surface area contributed by atoms with Crippen LogP contribution in [0.3, 0.4) is 0 Å². The van der Waals surface area contributed by atoms with E-state index < -0.39 is 0 Å². The smallest absolute Gasteiger partial charge is 0.161 e. The minimum atomic E-state index is 0.427. The van der Waals surface area contributed by atoms with Crippen molar-refractivity contribution >= 4 is 0 Å². The molecule has 0 atom stereocenters. The van der Waals surface area contributed by atoms with Gasteiger partial charge in [-0.15, -0.1) is 0 Å². The molecule has 4 nitrogen and oxygen atoms in total. The Kier molecular flexibility index (Phi) is 2.69. The van der Waals surface area contributed by atoms with Gasteiger partial charge in [0.15, 0.2) is 5.82 Å². The minimum absolute atomic E-state index is 0.427. The maximum absolute atomic E-state index is 5.56. The summed E-state index contributed by atoms with van der Waals surface area (Å²) in [7, 11) is 0. The molecule has 0 amide bonds. The van der Waals surface area contributed by atoms with Crippen molar-refractivity contribution < 1.29 is 0 Å². The number of aryl methyl sites for hydroxylation is 1. The van der Waals surface area contributed by atoms with E-state index in [1.165, 1.54) is 0 Å². The Morgan fingerprint density at radius 3 is 2.87 bits per heavy atom. The summed E-state index contributed by atoms with van der Waals surface area (Å²) in [6.07, 6.45) is 3.47. The molecule has 0 aromatic carbocycles. The molecule has 0 fully saturated rings.